The molecule has 7 heteroatoms. The van der Waals surface area contributed by atoms with Crippen LogP contribution in [0.2, 0.25) is 0 Å². The molecule has 0 aliphatic heterocycles. The van der Waals surface area contributed by atoms with Gasteiger partial charge < -0.3 is 10.4 Å². The Morgan fingerprint density at radius 3 is 2.62 bits per heavy atom. The lowest BCUT2D eigenvalue weighted by molar-refractivity contribution is -0.385. The van der Waals surface area contributed by atoms with E-state index >= 15 is 0 Å². The Balaban J connectivity index is 2.34. The topological polar surface area (TPSA) is 92.5 Å². The number of halogens is 1. The van der Waals surface area contributed by atoms with E-state index < -0.39 is 22.3 Å². The van der Waals surface area contributed by atoms with E-state index in [4.69, 9.17) is 0 Å². The Labute approximate surface area is 119 Å². The van der Waals surface area contributed by atoms with Gasteiger partial charge in [-0.2, -0.15) is 0 Å². The number of phenols is 1. The van der Waals surface area contributed by atoms with Gasteiger partial charge in [-0.1, -0.05) is 6.07 Å². The van der Waals surface area contributed by atoms with Gasteiger partial charge in [-0.05, 0) is 30.7 Å². The number of carbonyl (C=O) groups excluding carboxylic acids is 1. The number of amides is 1. The second kappa shape index (κ2) is 5.58. The first-order valence-electron chi connectivity index (χ1n) is 5.93. The third-order valence-electron chi connectivity index (χ3n) is 2.87. The molecule has 0 aliphatic rings. The maximum Gasteiger partial charge on any atom is 0.282 e. The third-order valence-corrected chi connectivity index (χ3v) is 2.87. The van der Waals surface area contributed by atoms with Crippen LogP contribution in [0.3, 0.4) is 0 Å². The van der Waals surface area contributed by atoms with Crippen LogP contribution in [0.5, 0.6) is 5.75 Å². The minimum absolute atomic E-state index is 0.0264. The zero-order valence-electron chi connectivity index (χ0n) is 11.0. The van der Waals surface area contributed by atoms with Crippen LogP contribution in [0.4, 0.5) is 15.8 Å². The SMILES string of the molecule is Cc1ccc(NC(=O)c2cc(F)ccc2[N+](=O)[O-])cc1O. The third kappa shape index (κ3) is 3.14. The fourth-order valence-corrected chi connectivity index (χ4v) is 1.73. The molecule has 0 atom stereocenters. The molecule has 0 aromatic heterocycles. The first-order valence-corrected chi connectivity index (χ1v) is 5.93. The van der Waals surface area contributed by atoms with Gasteiger partial charge in [-0.3, -0.25) is 14.9 Å². The lowest BCUT2D eigenvalue weighted by atomic mass is 10.1. The number of benzene rings is 2. The van der Waals surface area contributed by atoms with Crippen LogP contribution in [0.1, 0.15) is 15.9 Å². The first-order chi connectivity index (χ1) is 9.88. The Bertz CT molecular complexity index is 731. The zero-order chi connectivity index (χ0) is 15.6. The van der Waals surface area contributed by atoms with E-state index in [1.807, 2.05) is 0 Å². The van der Waals surface area contributed by atoms with Crippen LogP contribution in [0.15, 0.2) is 36.4 Å². The number of aromatic hydroxyl groups is 1. The van der Waals surface area contributed by atoms with Crippen molar-refractivity contribution in [3.05, 3.63) is 63.5 Å². The molecule has 2 N–H and O–H groups in total. The quantitative estimate of drug-likeness (QED) is 0.671. The molecule has 0 unspecified atom stereocenters. The molecule has 2 aromatic carbocycles. The standard InChI is InChI=1S/C14H11FN2O4/c1-8-2-4-10(7-13(8)18)16-14(19)11-6-9(15)3-5-12(11)17(20)21/h2-7,18H,1H3,(H,16,19). The van der Waals surface area contributed by atoms with Crippen molar-refractivity contribution in [3.63, 3.8) is 0 Å². The van der Waals surface area contributed by atoms with Crippen LogP contribution >= 0.6 is 0 Å². The van der Waals surface area contributed by atoms with E-state index in [0.29, 0.717) is 5.56 Å². The second-order valence-electron chi connectivity index (χ2n) is 4.37. The Morgan fingerprint density at radius 1 is 1.29 bits per heavy atom. The Morgan fingerprint density at radius 2 is 2.00 bits per heavy atom. The molecule has 6 nitrogen and oxygen atoms in total. The van der Waals surface area contributed by atoms with Crippen molar-refractivity contribution in [1.82, 2.24) is 0 Å². The predicted molar refractivity (Wildman–Crippen MR) is 73.9 cm³/mol. The number of nitro groups is 1. The second-order valence-corrected chi connectivity index (χ2v) is 4.37. The summed E-state index contributed by atoms with van der Waals surface area (Å²) in [6.45, 7) is 1.68. The molecule has 0 saturated heterocycles. The molecule has 0 fully saturated rings. The minimum Gasteiger partial charge on any atom is -0.508 e. The van der Waals surface area contributed by atoms with E-state index in [1.165, 1.54) is 12.1 Å². The number of aryl methyl sites for hydroxylation is 1. The van der Waals surface area contributed by atoms with E-state index in [-0.39, 0.29) is 17.0 Å². The number of nitrogens with zero attached hydrogens (tertiary/aromatic N) is 1. The summed E-state index contributed by atoms with van der Waals surface area (Å²) in [4.78, 5) is 22.1. The van der Waals surface area contributed by atoms with Crippen LogP contribution in [0, 0.1) is 22.9 Å². The van der Waals surface area contributed by atoms with Crippen molar-refractivity contribution in [2.45, 2.75) is 6.92 Å². The van der Waals surface area contributed by atoms with Crippen molar-refractivity contribution in [1.29, 1.82) is 0 Å². The molecule has 108 valence electrons. The summed E-state index contributed by atoms with van der Waals surface area (Å²) in [6, 6.07) is 7.03. The number of nitro benzene ring substituents is 1. The normalized spacial score (nSPS) is 10.2. The van der Waals surface area contributed by atoms with Crippen LogP contribution in [0.25, 0.3) is 0 Å². The van der Waals surface area contributed by atoms with Crippen molar-refractivity contribution < 1.29 is 19.2 Å². The largest absolute Gasteiger partial charge is 0.508 e. The monoisotopic (exact) mass is 290 g/mol. The van der Waals surface area contributed by atoms with Gasteiger partial charge in [0.05, 0.1) is 4.92 Å². The van der Waals surface area contributed by atoms with E-state index in [0.717, 1.165) is 18.2 Å². The molecule has 2 aromatic rings. The molecule has 0 heterocycles. The van der Waals surface area contributed by atoms with Gasteiger partial charge in [0.15, 0.2) is 0 Å². The van der Waals surface area contributed by atoms with Crippen LogP contribution < -0.4 is 5.32 Å². The van der Waals surface area contributed by atoms with Gasteiger partial charge in [0.2, 0.25) is 0 Å². The van der Waals surface area contributed by atoms with Gasteiger partial charge in [0.1, 0.15) is 17.1 Å². The summed E-state index contributed by atoms with van der Waals surface area (Å²) >= 11 is 0. The average molecular weight is 290 g/mol. The molecule has 0 radical (unpaired) electrons. The number of hydrogen-bond acceptors (Lipinski definition) is 4. The molecule has 0 spiro atoms. The summed E-state index contributed by atoms with van der Waals surface area (Å²) in [6.07, 6.45) is 0. The first kappa shape index (κ1) is 14.4. The number of rotatable bonds is 3. The Kier molecular flexibility index (Phi) is 3.84. The van der Waals surface area contributed by atoms with Crippen molar-refractivity contribution in [2.24, 2.45) is 0 Å². The fraction of sp³-hybridized carbons (Fsp3) is 0.0714. The maximum atomic E-state index is 13.2. The number of phenolic OH excluding ortho intramolecular Hbond substituents is 1. The summed E-state index contributed by atoms with van der Waals surface area (Å²) in [5.41, 5.74) is -0.0170. The molecule has 1 amide bonds. The van der Waals surface area contributed by atoms with Gasteiger partial charge >= 0.3 is 0 Å². The van der Waals surface area contributed by atoms with Crippen LogP contribution in [-0.2, 0) is 0 Å². The molecule has 0 aliphatic carbocycles. The molecule has 0 bridgehead atoms. The number of carbonyl (C=O) groups is 1. The maximum absolute atomic E-state index is 13.2. The lowest BCUT2D eigenvalue weighted by Crippen LogP contribution is -2.14. The lowest BCUT2D eigenvalue weighted by Gasteiger charge is -2.07. The summed E-state index contributed by atoms with van der Waals surface area (Å²) in [7, 11) is 0. The van der Waals surface area contributed by atoms with Gasteiger partial charge in [0.25, 0.3) is 11.6 Å². The highest BCUT2D eigenvalue weighted by molar-refractivity contribution is 6.07. The average Bonchev–Trinajstić information content (AvgIpc) is 2.42. The highest BCUT2D eigenvalue weighted by atomic mass is 19.1. The smallest absolute Gasteiger partial charge is 0.282 e. The molecule has 21 heavy (non-hydrogen) atoms. The molecule has 0 saturated carbocycles. The summed E-state index contributed by atoms with van der Waals surface area (Å²) < 4.78 is 13.2. The summed E-state index contributed by atoms with van der Waals surface area (Å²) in [5, 5.41) is 22.8. The summed E-state index contributed by atoms with van der Waals surface area (Å²) in [5.74, 6) is -1.61. The number of nitrogens with one attached hydrogen (secondary N) is 1. The van der Waals surface area contributed by atoms with E-state index in [1.54, 1.807) is 13.0 Å². The van der Waals surface area contributed by atoms with Gasteiger partial charge in [0, 0.05) is 17.8 Å². The highest BCUT2D eigenvalue weighted by Gasteiger charge is 2.21. The van der Waals surface area contributed by atoms with Crippen molar-refractivity contribution >= 4 is 17.3 Å². The zero-order valence-corrected chi connectivity index (χ0v) is 11.0. The number of hydrogen-bond donors (Lipinski definition) is 2. The minimum atomic E-state index is -0.829. The van der Waals surface area contributed by atoms with Crippen molar-refractivity contribution in [3.8, 4) is 5.75 Å². The predicted octanol–water partition coefficient (Wildman–Crippen LogP) is 3.00. The highest BCUT2D eigenvalue weighted by Crippen LogP contribution is 2.24. The van der Waals surface area contributed by atoms with E-state index in [2.05, 4.69) is 5.32 Å². The molecule has 2 rings (SSSR count). The van der Waals surface area contributed by atoms with Crippen molar-refractivity contribution in [2.75, 3.05) is 5.32 Å². The molecular weight excluding hydrogens is 279 g/mol. The van der Waals surface area contributed by atoms with Gasteiger partial charge in [-0.15, -0.1) is 0 Å². The van der Waals surface area contributed by atoms with Gasteiger partial charge in [-0.25, -0.2) is 4.39 Å². The number of anilines is 1. The van der Waals surface area contributed by atoms with Crippen LogP contribution in [-0.4, -0.2) is 15.9 Å². The Hall–Kier alpha value is -2.96. The van der Waals surface area contributed by atoms with E-state index in [9.17, 15) is 24.4 Å². The fourth-order valence-electron chi connectivity index (χ4n) is 1.73. The molecular formula is C14H11FN2O4.